The van der Waals surface area contributed by atoms with Crippen molar-refractivity contribution in [2.75, 3.05) is 12.4 Å². The van der Waals surface area contributed by atoms with Crippen molar-refractivity contribution >= 4 is 22.4 Å². The molecule has 1 amide bonds. The summed E-state index contributed by atoms with van der Waals surface area (Å²) >= 11 is 0. The number of carbonyl (C=O) groups excluding carboxylic acids is 1. The summed E-state index contributed by atoms with van der Waals surface area (Å²) in [5, 5.41) is 12.1. The zero-order chi connectivity index (χ0) is 15.7. The quantitative estimate of drug-likeness (QED) is 0.886. The molecule has 0 aliphatic carbocycles. The number of carbonyl (C=O) groups is 1. The number of amides is 1. The minimum Gasteiger partial charge on any atom is -0.497 e. The Kier molecular flexibility index (Phi) is 3.96. The highest BCUT2D eigenvalue weighted by Gasteiger charge is 2.37. The maximum atomic E-state index is 12.9. The van der Waals surface area contributed by atoms with Crippen molar-refractivity contribution in [3.05, 3.63) is 54.1 Å². The molecule has 0 unspecified atom stereocenters. The van der Waals surface area contributed by atoms with E-state index in [1.54, 1.807) is 55.6 Å². The molecule has 0 aromatic heterocycles. The molecule has 2 N–H and O–H groups in total. The first kappa shape index (κ1) is 14.7. The van der Waals surface area contributed by atoms with Crippen molar-refractivity contribution in [1.29, 1.82) is 0 Å². The van der Waals surface area contributed by atoms with E-state index in [1.807, 2.05) is 0 Å². The average molecular weight is 317 g/mol. The number of para-hydroxylation sites is 1. The molecule has 0 saturated carbocycles. The number of ether oxygens (including phenoxy) is 1. The molecule has 0 fully saturated rings. The fourth-order valence-corrected chi connectivity index (χ4v) is 4.03. The zero-order valence-electron chi connectivity index (χ0n) is 11.9. The monoisotopic (exact) mass is 317 g/mol. The highest BCUT2D eigenvalue weighted by atomic mass is 32.2. The highest BCUT2D eigenvalue weighted by molar-refractivity contribution is 7.85. The third kappa shape index (κ3) is 2.51. The van der Waals surface area contributed by atoms with Gasteiger partial charge in [-0.25, -0.2) is 0 Å². The zero-order valence-corrected chi connectivity index (χ0v) is 12.7. The lowest BCUT2D eigenvalue weighted by Crippen LogP contribution is -2.32. The molecule has 2 aromatic rings. The number of nitrogens with one attached hydrogen (secondary N) is 1. The first-order valence-electron chi connectivity index (χ1n) is 6.74. The van der Waals surface area contributed by atoms with Crippen LogP contribution in [0.1, 0.15) is 10.8 Å². The van der Waals surface area contributed by atoms with Gasteiger partial charge in [0.25, 0.3) is 5.91 Å². The fraction of sp³-hybridized carbons (Fsp3) is 0.188. The van der Waals surface area contributed by atoms with E-state index in [4.69, 9.17) is 4.74 Å². The number of hydrogen-bond donors (Lipinski definition) is 2. The lowest BCUT2D eigenvalue weighted by molar-refractivity contribution is -0.124. The van der Waals surface area contributed by atoms with E-state index >= 15 is 0 Å². The van der Waals surface area contributed by atoms with E-state index in [2.05, 4.69) is 5.32 Å². The van der Waals surface area contributed by atoms with Gasteiger partial charge in [0.1, 0.15) is 5.75 Å². The standard InChI is InChI=1S/C16H15NO4S/c1-21-11-8-6-10(7-9-11)15-14(18)16(19)17-12-4-2-3-5-13(12)22(15)20/h2-9,14-15,18H,1H3,(H,17,19)/t14-,15-,22-/m1/s1. The normalized spacial score (nSPS) is 24.1. The number of benzene rings is 2. The summed E-state index contributed by atoms with van der Waals surface area (Å²) in [5.74, 6) is 0.0987. The van der Waals surface area contributed by atoms with Crippen LogP contribution in [0.2, 0.25) is 0 Å². The van der Waals surface area contributed by atoms with Crippen LogP contribution in [0, 0.1) is 0 Å². The Morgan fingerprint density at radius 1 is 1.14 bits per heavy atom. The van der Waals surface area contributed by atoms with Crippen LogP contribution in [0.25, 0.3) is 0 Å². The second-order valence-electron chi connectivity index (χ2n) is 4.92. The Bertz CT molecular complexity index is 729. The molecule has 1 heterocycles. The molecule has 1 aliphatic rings. The van der Waals surface area contributed by atoms with E-state index < -0.39 is 28.1 Å². The molecule has 0 bridgehead atoms. The Hall–Kier alpha value is -2.18. The number of anilines is 1. The highest BCUT2D eigenvalue weighted by Crippen LogP contribution is 2.35. The van der Waals surface area contributed by atoms with E-state index in [0.29, 0.717) is 21.9 Å². The van der Waals surface area contributed by atoms with Gasteiger partial charge in [0.05, 0.1) is 33.7 Å². The first-order valence-corrected chi connectivity index (χ1v) is 7.95. The Morgan fingerprint density at radius 3 is 2.50 bits per heavy atom. The minimum atomic E-state index is -1.55. The summed E-state index contributed by atoms with van der Waals surface area (Å²) in [5.41, 5.74) is 1.10. The smallest absolute Gasteiger partial charge is 0.254 e. The third-order valence-electron chi connectivity index (χ3n) is 3.59. The van der Waals surface area contributed by atoms with Gasteiger partial charge < -0.3 is 15.2 Å². The maximum Gasteiger partial charge on any atom is 0.254 e. The van der Waals surface area contributed by atoms with E-state index in [-0.39, 0.29) is 0 Å². The van der Waals surface area contributed by atoms with E-state index in [1.165, 1.54) is 0 Å². The molecule has 5 nitrogen and oxygen atoms in total. The Balaban J connectivity index is 2.08. The summed E-state index contributed by atoms with van der Waals surface area (Å²) in [4.78, 5) is 12.6. The first-order chi connectivity index (χ1) is 10.6. The second-order valence-corrected chi connectivity index (χ2v) is 6.46. The molecule has 1 aliphatic heterocycles. The minimum absolute atomic E-state index is 0.473. The number of aliphatic hydroxyl groups is 1. The summed E-state index contributed by atoms with van der Waals surface area (Å²) in [6.45, 7) is 0. The van der Waals surface area contributed by atoms with Crippen molar-refractivity contribution in [1.82, 2.24) is 0 Å². The molecule has 0 saturated heterocycles. The largest absolute Gasteiger partial charge is 0.497 e. The number of methoxy groups -OCH3 is 1. The number of aliphatic hydroxyl groups excluding tert-OH is 1. The summed E-state index contributed by atoms with van der Waals surface area (Å²) in [7, 11) is -0.00184. The number of fused-ring (bicyclic) bond motifs is 1. The van der Waals surface area contributed by atoms with Crippen molar-refractivity contribution < 1.29 is 18.8 Å². The van der Waals surface area contributed by atoms with Gasteiger partial charge in [-0.05, 0) is 29.8 Å². The molecule has 2 aromatic carbocycles. The van der Waals surface area contributed by atoms with Gasteiger partial charge in [0.2, 0.25) is 0 Å². The van der Waals surface area contributed by atoms with Crippen molar-refractivity contribution in [2.45, 2.75) is 16.2 Å². The molecule has 3 rings (SSSR count). The van der Waals surface area contributed by atoms with Crippen LogP contribution in [-0.4, -0.2) is 28.4 Å². The molecule has 6 heteroatoms. The maximum absolute atomic E-state index is 12.9. The van der Waals surface area contributed by atoms with Gasteiger partial charge in [-0.3, -0.25) is 9.00 Å². The predicted molar refractivity (Wildman–Crippen MR) is 83.2 cm³/mol. The van der Waals surface area contributed by atoms with Crippen LogP contribution in [0.15, 0.2) is 53.4 Å². The van der Waals surface area contributed by atoms with Crippen LogP contribution in [0.3, 0.4) is 0 Å². The Labute approximate surface area is 130 Å². The third-order valence-corrected chi connectivity index (χ3v) is 5.37. The summed E-state index contributed by atoms with van der Waals surface area (Å²) < 4.78 is 18.0. The molecule has 114 valence electrons. The summed E-state index contributed by atoms with van der Waals surface area (Å²) in [6.07, 6.45) is -1.39. The van der Waals surface area contributed by atoms with Crippen LogP contribution in [-0.2, 0) is 15.6 Å². The number of hydrogen-bond acceptors (Lipinski definition) is 4. The molecule has 3 atom stereocenters. The fourth-order valence-electron chi connectivity index (χ4n) is 2.44. The van der Waals surface area contributed by atoms with Crippen LogP contribution >= 0.6 is 0 Å². The van der Waals surface area contributed by atoms with Crippen LogP contribution in [0.4, 0.5) is 5.69 Å². The van der Waals surface area contributed by atoms with Crippen LogP contribution < -0.4 is 10.1 Å². The van der Waals surface area contributed by atoms with E-state index in [9.17, 15) is 14.1 Å². The number of rotatable bonds is 2. The topological polar surface area (TPSA) is 75.6 Å². The van der Waals surface area contributed by atoms with Gasteiger partial charge >= 0.3 is 0 Å². The predicted octanol–water partition coefficient (Wildman–Crippen LogP) is 1.86. The molecule has 0 radical (unpaired) electrons. The lowest BCUT2D eigenvalue weighted by Gasteiger charge is -2.19. The lowest BCUT2D eigenvalue weighted by atomic mass is 10.1. The van der Waals surface area contributed by atoms with Gasteiger partial charge in [-0.1, -0.05) is 24.3 Å². The van der Waals surface area contributed by atoms with E-state index in [0.717, 1.165) is 0 Å². The van der Waals surface area contributed by atoms with Gasteiger partial charge in [0, 0.05) is 0 Å². The van der Waals surface area contributed by atoms with Gasteiger partial charge in [-0.2, -0.15) is 0 Å². The van der Waals surface area contributed by atoms with Crippen molar-refractivity contribution in [2.24, 2.45) is 0 Å². The second kappa shape index (κ2) is 5.90. The average Bonchev–Trinajstić information content (AvgIpc) is 2.64. The summed E-state index contributed by atoms with van der Waals surface area (Å²) in [6, 6.07) is 13.7. The van der Waals surface area contributed by atoms with Crippen molar-refractivity contribution in [3.8, 4) is 5.75 Å². The molecule has 0 spiro atoms. The van der Waals surface area contributed by atoms with Gasteiger partial charge in [-0.15, -0.1) is 0 Å². The van der Waals surface area contributed by atoms with Gasteiger partial charge in [0.15, 0.2) is 6.10 Å². The Morgan fingerprint density at radius 2 is 1.82 bits per heavy atom. The molecule has 22 heavy (non-hydrogen) atoms. The SMILES string of the molecule is COc1ccc([C@@H]2[C@@H](O)C(=O)Nc3ccccc3[S@]2=O)cc1. The van der Waals surface area contributed by atoms with Crippen molar-refractivity contribution in [3.63, 3.8) is 0 Å². The molecular formula is C16H15NO4S. The molecular weight excluding hydrogens is 302 g/mol. The van der Waals surface area contributed by atoms with Crippen LogP contribution in [0.5, 0.6) is 5.75 Å².